The molecule has 0 aromatic rings. The molecule has 0 bridgehead atoms. The second kappa shape index (κ2) is 10.3. The van der Waals surface area contributed by atoms with E-state index >= 15 is 0 Å². The van der Waals surface area contributed by atoms with Crippen molar-refractivity contribution in [3.05, 3.63) is 0 Å². The van der Waals surface area contributed by atoms with Gasteiger partial charge >= 0.3 is 0 Å². The van der Waals surface area contributed by atoms with Crippen LogP contribution in [-0.2, 0) is 4.74 Å². The summed E-state index contributed by atoms with van der Waals surface area (Å²) in [5.41, 5.74) is 0. The maximum absolute atomic E-state index is 8.54. The van der Waals surface area contributed by atoms with E-state index in [-0.39, 0.29) is 0 Å². The van der Waals surface area contributed by atoms with Crippen LogP contribution in [0.1, 0.15) is 13.3 Å². The maximum Gasteiger partial charge on any atom is 0.0613 e. The van der Waals surface area contributed by atoms with Crippen molar-refractivity contribution in [3.8, 4) is 0 Å². The van der Waals surface area contributed by atoms with E-state index in [1.807, 2.05) is 11.8 Å². The third-order valence-electron chi connectivity index (χ3n) is 1.60. The highest BCUT2D eigenvalue weighted by Crippen LogP contribution is 2.00. The van der Waals surface area contributed by atoms with E-state index in [2.05, 4.69) is 12.2 Å². The molecule has 13 heavy (non-hydrogen) atoms. The zero-order chi connectivity index (χ0) is 9.94. The molecule has 0 heterocycles. The van der Waals surface area contributed by atoms with Gasteiger partial charge in [0.15, 0.2) is 0 Å². The molecule has 1 atom stereocenters. The number of hydrogen-bond acceptors (Lipinski definition) is 4. The van der Waals surface area contributed by atoms with Gasteiger partial charge < -0.3 is 15.2 Å². The number of hydrogen-bond donors (Lipinski definition) is 2. The largest absolute Gasteiger partial charge is 0.396 e. The van der Waals surface area contributed by atoms with Gasteiger partial charge in [-0.2, -0.15) is 11.8 Å². The molecular weight excluding hydrogens is 186 g/mol. The van der Waals surface area contributed by atoms with Gasteiger partial charge in [0, 0.05) is 32.1 Å². The van der Waals surface area contributed by atoms with Crippen LogP contribution in [0, 0.1) is 0 Å². The van der Waals surface area contributed by atoms with Crippen LogP contribution < -0.4 is 5.32 Å². The van der Waals surface area contributed by atoms with Crippen LogP contribution in [0.3, 0.4) is 0 Å². The predicted molar refractivity (Wildman–Crippen MR) is 58.4 cm³/mol. The van der Waals surface area contributed by atoms with E-state index < -0.39 is 0 Å². The summed E-state index contributed by atoms with van der Waals surface area (Å²) in [6.45, 7) is 4.20. The molecule has 0 spiro atoms. The minimum Gasteiger partial charge on any atom is -0.396 e. The molecule has 0 aliphatic rings. The average Bonchev–Trinajstić information content (AvgIpc) is 2.11. The number of thioether (sulfide) groups is 1. The van der Waals surface area contributed by atoms with Crippen LogP contribution in [-0.4, -0.2) is 49.5 Å². The molecule has 2 N–H and O–H groups in total. The molecule has 0 aromatic heterocycles. The fourth-order valence-corrected chi connectivity index (χ4v) is 1.75. The van der Waals surface area contributed by atoms with Crippen LogP contribution >= 0.6 is 11.8 Å². The minimum atomic E-state index is 0.306. The van der Waals surface area contributed by atoms with Crippen molar-refractivity contribution in [2.24, 2.45) is 0 Å². The summed E-state index contributed by atoms with van der Waals surface area (Å²) >= 11 is 1.87. The molecule has 3 nitrogen and oxygen atoms in total. The van der Waals surface area contributed by atoms with Crippen molar-refractivity contribution >= 4 is 11.8 Å². The van der Waals surface area contributed by atoms with Gasteiger partial charge in [-0.1, -0.05) is 0 Å². The normalized spacial score (nSPS) is 13.2. The fourth-order valence-electron chi connectivity index (χ4n) is 0.955. The molecule has 0 amide bonds. The third kappa shape index (κ3) is 10.1. The monoisotopic (exact) mass is 207 g/mol. The Morgan fingerprint density at radius 3 is 2.85 bits per heavy atom. The van der Waals surface area contributed by atoms with Gasteiger partial charge in [0.25, 0.3) is 0 Å². The van der Waals surface area contributed by atoms with Gasteiger partial charge in [0.1, 0.15) is 0 Å². The number of rotatable bonds is 9. The summed E-state index contributed by atoms with van der Waals surface area (Å²) in [6, 6.07) is 0.434. The van der Waals surface area contributed by atoms with Crippen LogP contribution in [0.2, 0.25) is 0 Å². The SMILES string of the molecule is COCC(C)NCCSCCCO. The van der Waals surface area contributed by atoms with E-state index in [1.165, 1.54) is 0 Å². The Kier molecular flexibility index (Phi) is 10.5. The maximum atomic E-state index is 8.54. The minimum absolute atomic E-state index is 0.306. The Morgan fingerprint density at radius 1 is 1.46 bits per heavy atom. The standard InChI is InChI=1S/C9H21NO2S/c1-9(8-12-2)10-4-7-13-6-3-5-11/h9-11H,3-8H2,1-2H3. The van der Waals surface area contributed by atoms with Crippen molar-refractivity contribution in [1.29, 1.82) is 0 Å². The van der Waals surface area contributed by atoms with E-state index in [4.69, 9.17) is 9.84 Å². The quantitative estimate of drug-likeness (QED) is 0.547. The van der Waals surface area contributed by atoms with Crippen molar-refractivity contribution < 1.29 is 9.84 Å². The summed E-state index contributed by atoms with van der Waals surface area (Å²) in [5, 5.41) is 11.9. The zero-order valence-corrected chi connectivity index (χ0v) is 9.40. The molecule has 0 saturated carbocycles. The molecule has 0 saturated heterocycles. The van der Waals surface area contributed by atoms with Gasteiger partial charge in [0.2, 0.25) is 0 Å². The molecule has 0 aliphatic heterocycles. The van der Waals surface area contributed by atoms with Gasteiger partial charge in [0.05, 0.1) is 6.61 Å². The Balaban J connectivity index is 2.97. The lowest BCUT2D eigenvalue weighted by atomic mass is 10.4. The van der Waals surface area contributed by atoms with E-state index in [1.54, 1.807) is 7.11 Å². The van der Waals surface area contributed by atoms with Gasteiger partial charge in [-0.05, 0) is 19.1 Å². The highest BCUT2D eigenvalue weighted by atomic mass is 32.2. The zero-order valence-electron chi connectivity index (χ0n) is 8.58. The van der Waals surface area contributed by atoms with Crippen LogP contribution in [0.15, 0.2) is 0 Å². The Hall–Kier alpha value is 0.230. The van der Waals surface area contributed by atoms with Crippen molar-refractivity contribution in [2.75, 3.05) is 38.4 Å². The number of nitrogens with one attached hydrogen (secondary N) is 1. The second-order valence-electron chi connectivity index (χ2n) is 3.00. The number of methoxy groups -OCH3 is 1. The third-order valence-corrected chi connectivity index (χ3v) is 2.67. The summed E-state index contributed by atoms with van der Waals surface area (Å²) in [6.07, 6.45) is 0.901. The average molecular weight is 207 g/mol. The molecule has 0 aromatic carbocycles. The molecule has 0 radical (unpaired) electrons. The molecule has 0 fully saturated rings. The van der Waals surface area contributed by atoms with Gasteiger partial charge in [-0.25, -0.2) is 0 Å². The first kappa shape index (κ1) is 13.2. The molecule has 4 heteroatoms. The number of aliphatic hydroxyl groups excluding tert-OH is 1. The molecule has 0 aliphatic carbocycles. The Bertz CT molecular complexity index is 104. The first-order chi connectivity index (χ1) is 6.31. The summed E-state index contributed by atoms with van der Waals surface area (Å²) in [4.78, 5) is 0. The molecule has 1 unspecified atom stereocenters. The highest BCUT2D eigenvalue weighted by molar-refractivity contribution is 7.99. The molecular formula is C9H21NO2S. The van der Waals surface area contributed by atoms with E-state index in [0.717, 1.165) is 31.1 Å². The summed E-state index contributed by atoms with van der Waals surface area (Å²) in [7, 11) is 1.72. The lowest BCUT2D eigenvalue weighted by Crippen LogP contribution is -2.31. The smallest absolute Gasteiger partial charge is 0.0613 e. The fraction of sp³-hybridized carbons (Fsp3) is 1.00. The van der Waals surface area contributed by atoms with E-state index in [0.29, 0.717) is 12.6 Å². The predicted octanol–water partition coefficient (Wildman–Crippen LogP) is 0.726. The molecule has 0 rings (SSSR count). The first-order valence-corrected chi connectivity index (χ1v) is 5.87. The summed E-state index contributed by atoms with van der Waals surface area (Å²) < 4.78 is 5.00. The lowest BCUT2D eigenvalue weighted by molar-refractivity contribution is 0.173. The Labute approximate surface area is 85.2 Å². The summed E-state index contributed by atoms with van der Waals surface area (Å²) in [5.74, 6) is 2.16. The van der Waals surface area contributed by atoms with Crippen molar-refractivity contribution in [3.63, 3.8) is 0 Å². The van der Waals surface area contributed by atoms with Crippen molar-refractivity contribution in [2.45, 2.75) is 19.4 Å². The van der Waals surface area contributed by atoms with Gasteiger partial charge in [-0.3, -0.25) is 0 Å². The molecule has 80 valence electrons. The van der Waals surface area contributed by atoms with Crippen LogP contribution in [0.4, 0.5) is 0 Å². The lowest BCUT2D eigenvalue weighted by Gasteiger charge is -2.11. The van der Waals surface area contributed by atoms with E-state index in [9.17, 15) is 0 Å². The van der Waals surface area contributed by atoms with Gasteiger partial charge in [-0.15, -0.1) is 0 Å². The topological polar surface area (TPSA) is 41.5 Å². The van der Waals surface area contributed by atoms with Crippen LogP contribution in [0.5, 0.6) is 0 Å². The number of ether oxygens (including phenoxy) is 1. The van der Waals surface area contributed by atoms with Crippen molar-refractivity contribution in [1.82, 2.24) is 5.32 Å². The first-order valence-electron chi connectivity index (χ1n) is 4.72. The number of aliphatic hydroxyl groups is 1. The highest BCUT2D eigenvalue weighted by Gasteiger charge is 1.98. The Morgan fingerprint density at radius 2 is 2.23 bits per heavy atom. The second-order valence-corrected chi connectivity index (χ2v) is 4.22. The van der Waals surface area contributed by atoms with Crippen LogP contribution in [0.25, 0.3) is 0 Å².